The predicted molar refractivity (Wildman–Crippen MR) is 188 cm³/mol. The fourth-order valence-corrected chi connectivity index (χ4v) is 8.96. The Labute approximate surface area is 300 Å². The number of likely N-dealkylation sites (N-methyl/N-ethyl adjacent to an activating group) is 1. The molecule has 15 heteroatoms. The van der Waals surface area contributed by atoms with Gasteiger partial charge in [0.2, 0.25) is 5.88 Å². The first-order chi connectivity index (χ1) is 25.4. The summed E-state index contributed by atoms with van der Waals surface area (Å²) in [5, 5.41) is 28.4. The molecular weight excluding hydrogens is 662 g/mol. The van der Waals surface area contributed by atoms with E-state index in [4.69, 9.17) is 39.5 Å². The summed E-state index contributed by atoms with van der Waals surface area (Å²) in [7, 11) is 3.84. The van der Waals surface area contributed by atoms with Crippen LogP contribution >= 0.6 is 0 Å². The lowest BCUT2D eigenvalue weighted by atomic mass is 9.68. The zero-order chi connectivity index (χ0) is 35.6. The third-order valence-corrected chi connectivity index (χ3v) is 11.5. The summed E-state index contributed by atoms with van der Waals surface area (Å²) in [5.74, 6) is 2.04. The highest BCUT2D eigenvalue weighted by molar-refractivity contribution is 5.68. The van der Waals surface area contributed by atoms with E-state index in [2.05, 4.69) is 33.5 Å². The van der Waals surface area contributed by atoms with Crippen LogP contribution in [0.1, 0.15) is 73.1 Å². The number of hydrogen-bond donors (Lipinski definition) is 1. The number of rotatable bonds is 8. The number of benzene rings is 1. The molecule has 5 atom stereocenters. The summed E-state index contributed by atoms with van der Waals surface area (Å²) in [5.41, 5.74) is 11.8. The second kappa shape index (κ2) is 12.8. The molecule has 0 unspecified atom stereocenters. The Kier molecular flexibility index (Phi) is 8.05. The van der Waals surface area contributed by atoms with Crippen molar-refractivity contribution in [3.05, 3.63) is 64.7 Å². The van der Waals surface area contributed by atoms with Gasteiger partial charge in [0.25, 0.3) is 0 Å². The minimum Gasteiger partial charge on any atom is -0.473 e. The number of anilines is 1. The van der Waals surface area contributed by atoms with Gasteiger partial charge in [-0.15, -0.1) is 5.10 Å². The zero-order valence-corrected chi connectivity index (χ0v) is 29.5. The van der Waals surface area contributed by atoms with Gasteiger partial charge in [-0.25, -0.2) is 14.3 Å². The molecule has 5 aromatic rings. The Morgan fingerprint density at radius 2 is 2.04 bits per heavy atom. The summed E-state index contributed by atoms with van der Waals surface area (Å²) >= 11 is 0. The van der Waals surface area contributed by atoms with Crippen molar-refractivity contribution >= 4 is 5.69 Å². The van der Waals surface area contributed by atoms with Gasteiger partial charge in [-0.3, -0.25) is 4.90 Å². The number of fused-ring (bicyclic) bond motifs is 4. The molecular formula is C37H41N11O4. The van der Waals surface area contributed by atoms with Crippen LogP contribution in [-0.4, -0.2) is 97.0 Å². The lowest BCUT2D eigenvalue weighted by Gasteiger charge is -2.33. The molecule has 0 radical (unpaired) electrons. The summed E-state index contributed by atoms with van der Waals surface area (Å²) < 4.78 is 27.8. The Bertz CT molecular complexity index is 2180. The van der Waals surface area contributed by atoms with Gasteiger partial charge in [-0.1, -0.05) is 16.4 Å². The molecule has 0 amide bonds. The van der Waals surface area contributed by atoms with Gasteiger partial charge < -0.3 is 24.5 Å². The maximum Gasteiger partial charge on any atom is 0.219 e. The van der Waals surface area contributed by atoms with Crippen molar-refractivity contribution in [1.82, 2.24) is 44.8 Å². The predicted octanol–water partition coefficient (Wildman–Crippen LogP) is 4.05. The lowest BCUT2D eigenvalue weighted by molar-refractivity contribution is 0.0174. The molecule has 9 rings (SSSR count). The molecule has 2 aliphatic carbocycles. The van der Waals surface area contributed by atoms with Crippen molar-refractivity contribution in [2.45, 2.75) is 81.6 Å². The molecule has 2 fully saturated rings. The Hall–Kier alpha value is -5.17. The Morgan fingerprint density at radius 1 is 1.13 bits per heavy atom. The second-order valence-corrected chi connectivity index (χ2v) is 14.4. The van der Waals surface area contributed by atoms with E-state index in [1.165, 1.54) is 0 Å². The number of nitriles is 1. The van der Waals surface area contributed by atoms with E-state index >= 15 is 0 Å². The molecule has 0 saturated carbocycles. The number of nitrogens with two attached hydrogens (primary N) is 1. The lowest BCUT2D eigenvalue weighted by Crippen LogP contribution is -2.44. The molecule has 2 aliphatic heterocycles. The molecule has 2 saturated heterocycles. The topological polar surface area (TPSA) is 181 Å². The van der Waals surface area contributed by atoms with Gasteiger partial charge in [0, 0.05) is 43.8 Å². The van der Waals surface area contributed by atoms with Crippen LogP contribution in [0.4, 0.5) is 5.69 Å². The van der Waals surface area contributed by atoms with E-state index in [-0.39, 0.29) is 24.3 Å². The molecule has 4 aromatic heterocycles. The van der Waals surface area contributed by atoms with Gasteiger partial charge in [0.05, 0.1) is 42.0 Å². The van der Waals surface area contributed by atoms with Crippen molar-refractivity contribution < 1.29 is 18.7 Å². The van der Waals surface area contributed by atoms with Crippen LogP contribution in [0.5, 0.6) is 5.88 Å². The molecule has 52 heavy (non-hydrogen) atoms. The number of likely N-dealkylation sites (tertiary alicyclic amines) is 1. The van der Waals surface area contributed by atoms with E-state index in [9.17, 15) is 5.26 Å². The second-order valence-electron chi connectivity index (χ2n) is 14.4. The normalized spacial score (nSPS) is 24.6. The van der Waals surface area contributed by atoms with Gasteiger partial charge in [0.1, 0.15) is 23.6 Å². The largest absolute Gasteiger partial charge is 0.473 e. The molecule has 2 N–H and O–H groups in total. The number of nitrogen functional groups attached to an aromatic ring is 1. The molecule has 0 bridgehead atoms. The first-order valence-electron chi connectivity index (χ1n) is 18.0. The SMILES string of the molecule is CO[C@H]1CCN(C)[C@@H]1[C@H](C)Oc1cc(-n2ccc(-c3cn([C@H]4CCOC4)nn3)n2)nc(-c2noc3c2CCC[C@@]32CCc3ccc(N)c(C#N)c32)n1. The average molecular weight is 704 g/mol. The van der Waals surface area contributed by atoms with Crippen molar-refractivity contribution in [2.24, 2.45) is 0 Å². The minimum absolute atomic E-state index is 0.0408. The Balaban J connectivity index is 1.11. The number of aromatic nitrogens is 8. The standard InChI is InChI=1S/C37H41N11O4/c1-21(34-29(49-3)10-14-46(34)2)51-31-17-30(47-15-9-27(43-47)28-19-48(45-42-28)23-11-16-50-20-23)40-36(41-31)33-24-5-4-12-37(35(24)52-44-33)13-8-22-6-7-26(39)25(18-38)32(22)37/h6-7,9,15,17,19,21,23,29,34H,4-5,8,10-14,16,20,39H2,1-3H3/t21-,23-,29-,34+,37-/m0/s1. The summed E-state index contributed by atoms with van der Waals surface area (Å²) in [6.07, 6.45) is 9.50. The highest BCUT2D eigenvalue weighted by Gasteiger charge is 2.49. The molecule has 4 aliphatic rings. The fraction of sp³-hybridized carbons (Fsp3) is 0.486. The number of hydrogen-bond acceptors (Lipinski definition) is 13. The van der Waals surface area contributed by atoms with Gasteiger partial charge in [-0.05, 0) is 82.2 Å². The summed E-state index contributed by atoms with van der Waals surface area (Å²) in [6.45, 7) is 4.30. The highest BCUT2D eigenvalue weighted by Crippen LogP contribution is 2.54. The highest BCUT2D eigenvalue weighted by atomic mass is 16.5. The molecule has 1 aromatic carbocycles. The molecule has 268 valence electrons. The van der Waals surface area contributed by atoms with E-state index < -0.39 is 5.41 Å². The Morgan fingerprint density at radius 3 is 2.87 bits per heavy atom. The number of aryl methyl sites for hydroxylation is 1. The van der Waals surface area contributed by atoms with Crippen LogP contribution < -0.4 is 10.5 Å². The van der Waals surface area contributed by atoms with Crippen LogP contribution in [0.15, 0.2) is 41.2 Å². The van der Waals surface area contributed by atoms with Gasteiger partial charge in [0.15, 0.2) is 23.1 Å². The van der Waals surface area contributed by atoms with E-state index in [1.807, 2.05) is 42.2 Å². The third-order valence-electron chi connectivity index (χ3n) is 11.5. The van der Waals surface area contributed by atoms with Crippen LogP contribution in [0, 0.1) is 11.3 Å². The number of ether oxygens (including phenoxy) is 3. The van der Waals surface area contributed by atoms with Crippen molar-refractivity contribution in [1.29, 1.82) is 5.26 Å². The first-order valence-corrected chi connectivity index (χ1v) is 18.0. The van der Waals surface area contributed by atoms with Crippen molar-refractivity contribution in [3.8, 4) is 40.7 Å². The van der Waals surface area contributed by atoms with Gasteiger partial charge >= 0.3 is 0 Å². The van der Waals surface area contributed by atoms with Crippen LogP contribution in [0.25, 0.3) is 28.7 Å². The molecule has 6 heterocycles. The minimum atomic E-state index is -0.485. The average Bonchev–Trinajstić information content (AvgIpc) is 4.00. The maximum atomic E-state index is 10.2. The van der Waals surface area contributed by atoms with Crippen LogP contribution in [-0.2, 0) is 27.7 Å². The smallest absolute Gasteiger partial charge is 0.219 e. The number of nitrogens with zero attached hydrogens (tertiary/aromatic N) is 10. The quantitative estimate of drug-likeness (QED) is 0.229. The van der Waals surface area contributed by atoms with Crippen LogP contribution in [0.3, 0.4) is 0 Å². The third kappa shape index (κ3) is 5.27. The maximum absolute atomic E-state index is 10.2. The van der Waals surface area contributed by atoms with Gasteiger partial charge in [-0.2, -0.15) is 15.3 Å². The molecule has 15 nitrogen and oxygen atoms in total. The van der Waals surface area contributed by atoms with Crippen molar-refractivity contribution in [3.63, 3.8) is 0 Å². The van der Waals surface area contributed by atoms with E-state index in [1.54, 1.807) is 17.9 Å². The summed E-state index contributed by atoms with van der Waals surface area (Å²) in [4.78, 5) is 12.2. The first kappa shape index (κ1) is 32.7. The number of methoxy groups -OCH3 is 1. The zero-order valence-electron chi connectivity index (χ0n) is 29.5. The van der Waals surface area contributed by atoms with Crippen LogP contribution in [0.2, 0.25) is 0 Å². The summed E-state index contributed by atoms with van der Waals surface area (Å²) in [6, 6.07) is 10.2. The van der Waals surface area contributed by atoms with E-state index in [0.717, 1.165) is 80.5 Å². The monoisotopic (exact) mass is 703 g/mol. The van der Waals surface area contributed by atoms with E-state index in [0.29, 0.717) is 52.5 Å². The van der Waals surface area contributed by atoms with Crippen molar-refractivity contribution in [2.75, 3.05) is 39.6 Å². The fourth-order valence-electron chi connectivity index (χ4n) is 8.96. The molecule has 1 spiro atoms.